The standard InChI is InChI=1S/C45H92N14O/c46-41(47)52-31-19-11-5-7-15-23-35-59(36-24-16-8-6-14-21-33-54-43(49)57-38-40-27-28-40)45(60)58-44(50)55-34-22-13-4-2-10-18-30-51-29-17-9-1-3-12-20-32-53-42(48)56-37-39-25-26-39/h39-40,51H,1-38H2,(H4,46,47,52)(H3,48,53,56)(H3,49,54,57)(H3,50,55,58,60). The van der Waals surface area contributed by atoms with E-state index < -0.39 is 0 Å². The van der Waals surface area contributed by atoms with Crippen LogP contribution >= 0.6 is 0 Å². The van der Waals surface area contributed by atoms with Gasteiger partial charge in [0.25, 0.3) is 0 Å². The third-order valence-electron chi connectivity index (χ3n) is 11.4. The van der Waals surface area contributed by atoms with E-state index >= 15 is 0 Å². The molecule has 2 amide bonds. The lowest BCUT2D eigenvalue weighted by atomic mass is 10.1. The van der Waals surface area contributed by atoms with E-state index in [4.69, 9.17) is 28.7 Å². The Hall–Kier alpha value is -3.49. The Kier molecular flexibility index (Phi) is 32.7. The molecule has 0 unspecified atom stereocenters. The quantitative estimate of drug-likeness (QED) is 0.0194. The predicted octanol–water partition coefficient (Wildman–Crippen LogP) is 6.17. The third kappa shape index (κ3) is 35.3. The van der Waals surface area contributed by atoms with Crippen molar-refractivity contribution in [3.8, 4) is 0 Å². The highest BCUT2D eigenvalue weighted by molar-refractivity contribution is 5.95. The van der Waals surface area contributed by atoms with Crippen molar-refractivity contribution in [1.29, 1.82) is 0 Å². The molecular formula is C45H92N14O. The normalized spacial score (nSPS) is 14.6. The lowest BCUT2D eigenvalue weighted by Crippen LogP contribution is -2.46. The van der Waals surface area contributed by atoms with E-state index in [9.17, 15) is 4.79 Å². The Morgan fingerprint density at radius 2 is 0.800 bits per heavy atom. The molecule has 0 radical (unpaired) electrons. The van der Waals surface area contributed by atoms with Crippen LogP contribution in [-0.4, -0.2) is 100 Å². The summed E-state index contributed by atoms with van der Waals surface area (Å²) in [6.07, 6.45) is 33.0. The van der Waals surface area contributed by atoms with E-state index in [1.807, 2.05) is 4.90 Å². The lowest BCUT2D eigenvalue weighted by Gasteiger charge is -2.23. The topological polar surface area (TPSA) is 248 Å². The molecular weight excluding hydrogens is 753 g/mol. The lowest BCUT2D eigenvalue weighted by molar-refractivity contribution is 0.200. The first-order valence-corrected chi connectivity index (χ1v) is 24.5. The number of aliphatic imine (C=N–C) groups is 4. The Morgan fingerprint density at radius 1 is 0.433 bits per heavy atom. The number of guanidine groups is 4. The maximum Gasteiger partial charge on any atom is 0.324 e. The molecule has 348 valence electrons. The maximum atomic E-state index is 13.2. The van der Waals surface area contributed by atoms with E-state index in [0.717, 1.165) is 148 Å². The fourth-order valence-electron chi connectivity index (χ4n) is 7.08. The number of carbonyl (C=O) groups excluding carboxylic acids is 1. The molecule has 0 aromatic rings. The highest BCUT2D eigenvalue weighted by Gasteiger charge is 2.21. The summed E-state index contributed by atoms with van der Waals surface area (Å²) < 4.78 is 0. The van der Waals surface area contributed by atoms with Crippen LogP contribution in [0.15, 0.2) is 20.0 Å². The summed E-state index contributed by atoms with van der Waals surface area (Å²) in [5.41, 5.74) is 28.9. The summed E-state index contributed by atoms with van der Waals surface area (Å²) in [5.74, 6) is 3.14. The molecule has 0 aliphatic heterocycles. The van der Waals surface area contributed by atoms with Crippen LogP contribution in [0.5, 0.6) is 0 Å². The van der Waals surface area contributed by atoms with E-state index in [1.165, 1.54) is 96.3 Å². The van der Waals surface area contributed by atoms with Crippen molar-refractivity contribution < 1.29 is 4.79 Å². The van der Waals surface area contributed by atoms with Crippen LogP contribution in [-0.2, 0) is 0 Å². The molecule has 2 rings (SSSR count). The molecule has 14 N–H and O–H groups in total. The molecule has 0 aromatic carbocycles. The number of nitrogens with one attached hydrogen (secondary N) is 4. The Bertz CT molecular complexity index is 1170. The van der Waals surface area contributed by atoms with Gasteiger partial charge in [0.2, 0.25) is 0 Å². The SMILES string of the molecule is NC(N)=NCCCCCCCCN(CCCCCCCCNC(N)=NCC1CC1)C(=O)NC(N)=NCCCCCCCCNCCCCCCCCNC(N)=NCC1CC1. The van der Waals surface area contributed by atoms with Crippen molar-refractivity contribution in [3.63, 3.8) is 0 Å². The van der Waals surface area contributed by atoms with Gasteiger partial charge in [-0.15, -0.1) is 0 Å². The fourth-order valence-corrected chi connectivity index (χ4v) is 7.08. The number of carbonyl (C=O) groups is 1. The van der Waals surface area contributed by atoms with E-state index in [1.54, 1.807) is 0 Å². The molecule has 2 saturated carbocycles. The largest absolute Gasteiger partial charge is 0.370 e. The van der Waals surface area contributed by atoms with Gasteiger partial charge in [-0.05, 0) is 102 Å². The minimum absolute atomic E-state index is 0.135. The van der Waals surface area contributed by atoms with Crippen molar-refractivity contribution in [2.45, 2.75) is 180 Å². The van der Waals surface area contributed by atoms with Gasteiger partial charge < -0.3 is 49.5 Å². The zero-order valence-corrected chi connectivity index (χ0v) is 38.1. The average Bonchev–Trinajstić information content (AvgIpc) is 4.17. The van der Waals surface area contributed by atoms with Crippen LogP contribution in [0.25, 0.3) is 0 Å². The zero-order valence-electron chi connectivity index (χ0n) is 38.1. The first-order chi connectivity index (χ1) is 29.3. The number of hydrogen-bond acceptors (Lipinski definition) is 6. The Labute approximate surface area is 365 Å². The number of amides is 2. The first-order valence-electron chi connectivity index (χ1n) is 24.5. The van der Waals surface area contributed by atoms with Gasteiger partial charge in [0.15, 0.2) is 23.8 Å². The summed E-state index contributed by atoms with van der Waals surface area (Å²) in [4.78, 5) is 32.5. The highest BCUT2D eigenvalue weighted by Crippen LogP contribution is 2.29. The van der Waals surface area contributed by atoms with Gasteiger partial charge in [-0.1, -0.05) is 103 Å². The van der Waals surface area contributed by atoms with Crippen LogP contribution in [0.3, 0.4) is 0 Å². The Morgan fingerprint density at radius 3 is 1.22 bits per heavy atom. The van der Waals surface area contributed by atoms with Crippen LogP contribution in [0, 0.1) is 11.8 Å². The van der Waals surface area contributed by atoms with Gasteiger partial charge in [-0.2, -0.15) is 0 Å². The smallest absolute Gasteiger partial charge is 0.324 e. The van der Waals surface area contributed by atoms with Gasteiger partial charge in [-0.3, -0.25) is 25.3 Å². The van der Waals surface area contributed by atoms with Crippen LogP contribution < -0.4 is 49.9 Å². The number of nitrogens with two attached hydrogens (primary N) is 5. The fraction of sp³-hybridized carbons (Fsp3) is 0.889. The minimum Gasteiger partial charge on any atom is -0.370 e. The number of nitrogens with zero attached hydrogens (tertiary/aromatic N) is 5. The second-order valence-corrected chi connectivity index (χ2v) is 17.4. The number of unbranched alkanes of at least 4 members (excludes halogenated alkanes) is 20. The van der Waals surface area contributed by atoms with Gasteiger partial charge >= 0.3 is 6.03 Å². The van der Waals surface area contributed by atoms with Crippen LogP contribution in [0.1, 0.15) is 180 Å². The molecule has 2 aliphatic rings. The minimum atomic E-state index is -0.135. The second kappa shape index (κ2) is 37.3. The van der Waals surface area contributed by atoms with Crippen molar-refractivity contribution >= 4 is 29.9 Å². The summed E-state index contributed by atoms with van der Waals surface area (Å²) in [7, 11) is 0. The zero-order chi connectivity index (χ0) is 43.1. The number of rotatable bonds is 40. The van der Waals surface area contributed by atoms with Gasteiger partial charge in [0.1, 0.15) is 0 Å². The molecule has 0 heterocycles. The summed E-state index contributed by atoms with van der Waals surface area (Å²) in [5, 5.41) is 13.0. The molecule has 2 fully saturated rings. The van der Waals surface area contributed by atoms with E-state index in [-0.39, 0.29) is 18.0 Å². The van der Waals surface area contributed by atoms with Crippen molar-refractivity contribution in [2.24, 2.45) is 60.5 Å². The molecule has 0 bridgehead atoms. The molecule has 15 nitrogen and oxygen atoms in total. The van der Waals surface area contributed by atoms with Gasteiger partial charge in [-0.25, -0.2) is 4.79 Å². The predicted molar refractivity (Wildman–Crippen MR) is 255 cm³/mol. The number of urea groups is 1. The summed E-state index contributed by atoms with van der Waals surface area (Å²) >= 11 is 0. The van der Waals surface area contributed by atoms with E-state index in [2.05, 4.69) is 41.2 Å². The maximum absolute atomic E-state index is 13.2. The van der Waals surface area contributed by atoms with Crippen LogP contribution in [0.2, 0.25) is 0 Å². The molecule has 2 aliphatic carbocycles. The molecule has 0 saturated heterocycles. The van der Waals surface area contributed by atoms with Crippen molar-refractivity contribution in [2.75, 3.05) is 65.4 Å². The van der Waals surface area contributed by atoms with Crippen molar-refractivity contribution in [3.05, 3.63) is 0 Å². The Balaban J connectivity index is 1.47. The molecule has 0 atom stereocenters. The van der Waals surface area contributed by atoms with Gasteiger partial charge in [0.05, 0.1) is 0 Å². The highest BCUT2D eigenvalue weighted by atomic mass is 16.2. The van der Waals surface area contributed by atoms with Gasteiger partial charge in [0, 0.05) is 52.4 Å². The monoisotopic (exact) mass is 845 g/mol. The number of hydrogen-bond donors (Lipinski definition) is 9. The third-order valence-corrected chi connectivity index (χ3v) is 11.4. The van der Waals surface area contributed by atoms with Crippen molar-refractivity contribution in [1.82, 2.24) is 26.2 Å². The second-order valence-electron chi connectivity index (χ2n) is 17.4. The summed E-state index contributed by atoms with van der Waals surface area (Å²) in [6.45, 7) is 8.60. The van der Waals surface area contributed by atoms with E-state index in [0.29, 0.717) is 25.0 Å². The first kappa shape index (κ1) is 52.6. The molecule has 0 aromatic heterocycles. The van der Waals surface area contributed by atoms with Crippen LogP contribution in [0.4, 0.5) is 4.79 Å². The molecule has 15 heteroatoms. The molecule has 0 spiro atoms. The molecule has 60 heavy (non-hydrogen) atoms. The average molecular weight is 845 g/mol. The summed E-state index contributed by atoms with van der Waals surface area (Å²) in [6, 6.07) is -0.135.